The summed E-state index contributed by atoms with van der Waals surface area (Å²) in [6.07, 6.45) is 7.17. The summed E-state index contributed by atoms with van der Waals surface area (Å²) in [7, 11) is 0. The lowest BCUT2D eigenvalue weighted by molar-refractivity contribution is 0.103. The predicted molar refractivity (Wildman–Crippen MR) is 87.9 cm³/mol. The van der Waals surface area contributed by atoms with Crippen molar-refractivity contribution in [1.29, 1.82) is 0 Å². The summed E-state index contributed by atoms with van der Waals surface area (Å²) >= 11 is 0. The van der Waals surface area contributed by atoms with Crippen LogP contribution in [0.15, 0.2) is 0 Å². The Bertz CT molecular complexity index is 272. The summed E-state index contributed by atoms with van der Waals surface area (Å²) in [6, 6.07) is 0.619. The van der Waals surface area contributed by atoms with Crippen molar-refractivity contribution in [3.05, 3.63) is 0 Å². The van der Waals surface area contributed by atoms with E-state index in [2.05, 4.69) is 46.9 Å². The van der Waals surface area contributed by atoms with Gasteiger partial charge in [-0.05, 0) is 48.9 Å². The molecule has 0 aromatic rings. The maximum Gasteiger partial charge on any atom is 0.0669 e. The summed E-state index contributed by atoms with van der Waals surface area (Å²) in [5, 5.41) is 13.7. The fraction of sp³-hybridized carbons (Fsp3) is 1.00. The Morgan fingerprint density at radius 2 is 1.60 bits per heavy atom. The zero-order valence-electron chi connectivity index (χ0n) is 14.6. The molecule has 20 heavy (non-hydrogen) atoms. The Labute approximate surface area is 126 Å². The van der Waals surface area contributed by atoms with E-state index in [0.717, 1.165) is 18.9 Å². The van der Waals surface area contributed by atoms with Crippen molar-refractivity contribution in [1.82, 2.24) is 5.32 Å². The van der Waals surface area contributed by atoms with Gasteiger partial charge in [-0.15, -0.1) is 0 Å². The van der Waals surface area contributed by atoms with Crippen LogP contribution in [0.25, 0.3) is 0 Å². The van der Waals surface area contributed by atoms with Gasteiger partial charge in [-0.1, -0.05) is 48.0 Å². The van der Waals surface area contributed by atoms with Crippen LogP contribution in [0.3, 0.4) is 0 Å². The molecule has 0 bridgehead atoms. The van der Waals surface area contributed by atoms with Gasteiger partial charge in [0.25, 0.3) is 0 Å². The van der Waals surface area contributed by atoms with Crippen molar-refractivity contribution in [2.45, 2.75) is 92.2 Å². The van der Waals surface area contributed by atoms with Gasteiger partial charge in [0, 0.05) is 12.6 Å². The van der Waals surface area contributed by atoms with Gasteiger partial charge in [-0.25, -0.2) is 0 Å². The van der Waals surface area contributed by atoms with Gasteiger partial charge in [0.2, 0.25) is 0 Å². The van der Waals surface area contributed by atoms with E-state index in [1.807, 2.05) is 0 Å². The third kappa shape index (κ3) is 6.13. The van der Waals surface area contributed by atoms with Gasteiger partial charge in [0.1, 0.15) is 0 Å². The van der Waals surface area contributed by atoms with Gasteiger partial charge in [0.05, 0.1) is 6.10 Å². The van der Waals surface area contributed by atoms with Crippen LogP contribution in [0, 0.1) is 16.7 Å². The minimum atomic E-state index is -0.209. The number of aliphatic hydroxyl groups is 1. The lowest BCUT2D eigenvalue weighted by Gasteiger charge is -2.39. The summed E-state index contributed by atoms with van der Waals surface area (Å²) in [4.78, 5) is 0. The van der Waals surface area contributed by atoms with Crippen LogP contribution >= 0.6 is 0 Å². The Morgan fingerprint density at radius 1 is 1.05 bits per heavy atom. The van der Waals surface area contributed by atoms with Crippen LogP contribution in [-0.2, 0) is 0 Å². The van der Waals surface area contributed by atoms with Crippen LogP contribution in [0.5, 0.6) is 0 Å². The average Bonchev–Trinajstić information content (AvgIpc) is 2.35. The molecule has 0 saturated heterocycles. The lowest BCUT2D eigenvalue weighted by atomic mass is 9.69. The van der Waals surface area contributed by atoms with E-state index < -0.39 is 0 Å². The molecule has 1 rings (SSSR count). The number of hydrogen-bond donors (Lipinski definition) is 2. The molecule has 120 valence electrons. The van der Waals surface area contributed by atoms with Gasteiger partial charge < -0.3 is 10.4 Å². The number of nitrogens with one attached hydrogen (secondary N) is 1. The van der Waals surface area contributed by atoms with E-state index in [4.69, 9.17) is 0 Å². The second-order valence-electron chi connectivity index (χ2n) is 8.72. The molecule has 1 unspecified atom stereocenters. The molecule has 0 heterocycles. The maximum atomic E-state index is 10.1. The highest BCUT2D eigenvalue weighted by Gasteiger charge is 2.31. The van der Waals surface area contributed by atoms with Gasteiger partial charge in [-0.3, -0.25) is 0 Å². The van der Waals surface area contributed by atoms with Crippen molar-refractivity contribution in [2.75, 3.05) is 6.54 Å². The molecule has 0 radical (unpaired) electrons. The molecular weight excluding hydrogens is 246 g/mol. The standard InChI is InChI=1S/C18H37NO/c1-7-18(5,6)14-8-10-15(11-9-14)19-13-16(20)12-17(2,3)4/h14-16,19-20H,7-13H2,1-6H3. The first-order valence-electron chi connectivity index (χ1n) is 8.55. The topological polar surface area (TPSA) is 32.3 Å². The highest BCUT2D eigenvalue weighted by Crippen LogP contribution is 2.40. The molecule has 2 heteroatoms. The van der Waals surface area contributed by atoms with Gasteiger partial charge in [0.15, 0.2) is 0 Å². The maximum absolute atomic E-state index is 10.1. The quantitative estimate of drug-likeness (QED) is 0.758. The summed E-state index contributed by atoms with van der Waals surface area (Å²) in [5.74, 6) is 0.880. The first-order chi connectivity index (χ1) is 9.14. The third-order valence-electron chi connectivity index (χ3n) is 5.23. The monoisotopic (exact) mass is 283 g/mol. The van der Waals surface area contributed by atoms with Gasteiger partial charge >= 0.3 is 0 Å². The Morgan fingerprint density at radius 3 is 2.05 bits per heavy atom. The predicted octanol–water partition coefficient (Wildman–Crippen LogP) is 4.37. The molecule has 0 aromatic carbocycles. The Kier molecular flexibility index (Phi) is 6.53. The molecule has 2 N–H and O–H groups in total. The normalized spacial score (nSPS) is 26.6. The first-order valence-corrected chi connectivity index (χ1v) is 8.55. The summed E-state index contributed by atoms with van der Waals surface area (Å²) < 4.78 is 0. The van der Waals surface area contributed by atoms with E-state index in [1.165, 1.54) is 32.1 Å². The van der Waals surface area contributed by atoms with Gasteiger partial charge in [-0.2, -0.15) is 0 Å². The van der Waals surface area contributed by atoms with E-state index in [-0.39, 0.29) is 11.5 Å². The number of aliphatic hydroxyl groups excluding tert-OH is 1. The molecule has 2 nitrogen and oxygen atoms in total. The minimum Gasteiger partial charge on any atom is -0.392 e. The second-order valence-corrected chi connectivity index (χ2v) is 8.72. The van der Waals surface area contributed by atoms with Crippen LogP contribution in [0.2, 0.25) is 0 Å². The van der Waals surface area contributed by atoms with Crippen LogP contribution < -0.4 is 5.32 Å². The summed E-state index contributed by atoms with van der Waals surface area (Å²) in [6.45, 7) is 14.5. The third-order valence-corrected chi connectivity index (χ3v) is 5.23. The summed E-state index contributed by atoms with van der Waals surface area (Å²) in [5.41, 5.74) is 0.709. The molecular formula is C18H37NO. The van der Waals surface area contributed by atoms with Crippen molar-refractivity contribution in [2.24, 2.45) is 16.7 Å². The van der Waals surface area contributed by atoms with Crippen LogP contribution in [0.1, 0.15) is 80.1 Å². The van der Waals surface area contributed by atoms with Crippen molar-refractivity contribution >= 4 is 0 Å². The lowest BCUT2D eigenvalue weighted by Crippen LogP contribution is -2.40. The average molecular weight is 284 g/mol. The first kappa shape index (κ1) is 18.0. The fourth-order valence-corrected chi connectivity index (χ4v) is 3.45. The zero-order chi connectivity index (χ0) is 15.4. The van der Waals surface area contributed by atoms with Crippen LogP contribution in [0.4, 0.5) is 0 Å². The van der Waals surface area contributed by atoms with Crippen LogP contribution in [-0.4, -0.2) is 23.8 Å². The van der Waals surface area contributed by atoms with Crippen molar-refractivity contribution in [3.8, 4) is 0 Å². The fourth-order valence-electron chi connectivity index (χ4n) is 3.45. The smallest absolute Gasteiger partial charge is 0.0669 e. The van der Waals surface area contributed by atoms with E-state index in [9.17, 15) is 5.11 Å². The molecule has 0 spiro atoms. The van der Waals surface area contributed by atoms with Crippen molar-refractivity contribution < 1.29 is 5.11 Å². The Balaban J connectivity index is 2.26. The molecule has 1 atom stereocenters. The van der Waals surface area contributed by atoms with E-state index in [1.54, 1.807) is 0 Å². The molecule has 1 aliphatic carbocycles. The highest BCUT2D eigenvalue weighted by molar-refractivity contribution is 4.85. The zero-order valence-corrected chi connectivity index (χ0v) is 14.6. The highest BCUT2D eigenvalue weighted by atomic mass is 16.3. The molecule has 0 aliphatic heterocycles. The van der Waals surface area contributed by atoms with Crippen molar-refractivity contribution in [3.63, 3.8) is 0 Å². The second kappa shape index (κ2) is 7.26. The molecule has 1 aliphatic rings. The minimum absolute atomic E-state index is 0.209. The SMILES string of the molecule is CCC(C)(C)C1CCC(NCC(O)CC(C)(C)C)CC1. The number of rotatable bonds is 6. The molecule has 0 amide bonds. The number of hydrogen-bond acceptors (Lipinski definition) is 2. The Hall–Kier alpha value is -0.0800. The largest absolute Gasteiger partial charge is 0.392 e. The molecule has 0 aromatic heterocycles. The molecule has 1 fully saturated rings. The van der Waals surface area contributed by atoms with E-state index >= 15 is 0 Å². The van der Waals surface area contributed by atoms with E-state index in [0.29, 0.717) is 11.5 Å². The molecule has 1 saturated carbocycles.